The van der Waals surface area contributed by atoms with Crippen molar-refractivity contribution in [3.8, 4) is 5.69 Å². The lowest BCUT2D eigenvalue weighted by molar-refractivity contribution is -0.145. The van der Waals surface area contributed by atoms with Gasteiger partial charge in [0.05, 0.1) is 11.0 Å². The van der Waals surface area contributed by atoms with Crippen molar-refractivity contribution in [2.45, 2.75) is 13.1 Å². The number of imidazole rings is 1. The zero-order chi connectivity index (χ0) is 15.9. The van der Waals surface area contributed by atoms with Crippen LogP contribution >= 0.6 is 0 Å². The Hall–Kier alpha value is -2.50. The van der Waals surface area contributed by atoms with Gasteiger partial charge in [-0.1, -0.05) is 12.1 Å². The van der Waals surface area contributed by atoms with Crippen LogP contribution in [0.25, 0.3) is 16.7 Å². The summed E-state index contributed by atoms with van der Waals surface area (Å²) in [5.74, 6) is -0.912. The molecule has 0 radical (unpaired) electrons. The van der Waals surface area contributed by atoms with Crippen LogP contribution in [0, 0.1) is 6.92 Å². The summed E-state index contributed by atoms with van der Waals surface area (Å²) in [4.78, 5) is 3.75. The first-order valence-electron chi connectivity index (χ1n) is 6.75. The number of hydrogen-bond acceptors (Lipinski definition) is 2. The third-order valence-electron chi connectivity index (χ3n) is 3.55. The number of nitrogens with one attached hydrogen (secondary N) is 1. The van der Waals surface area contributed by atoms with Gasteiger partial charge in [-0.15, -0.1) is 0 Å². The lowest BCUT2D eigenvalue weighted by atomic mass is 10.1. The van der Waals surface area contributed by atoms with Gasteiger partial charge in [0.2, 0.25) is 5.82 Å². The molecule has 0 aliphatic carbocycles. The predicted molar refractivity (Wildman–Crippen MR) is 80.4 cm³/mol. The van der Waals surface area contributed by atoms with E-state index in [1.54, 1.807) is 49.5 Å². The van der Waals surface area contributed by atoms with Crippen LogP contribution in [0.15, 0.2) is 42.5 Å². The second-order valence-electron chi connectivity index (χ2n) is 5.01. The first-order chi connectivity index (χ1) is 10.4. The minimum Gasteiger partial charge on any atom is -0.388 e. The molecule has 6 heteroatoms. The Morgan fingerprint density at radius 2 is 1.82 bits per heavy atom. The number of rotatable bonds is 2. The Morgan fingerprint density at radius 3 is 2.45 bits per heavy atom. The highest BCUT2D eigenvalue weighted by molar-refractivity contribution is 5.78. The number of halogens is 3. The van der Waals surface area contributed by atoms with E-state index in [9.17, 15) is 13.2 Å². The summed E-state index contributed by atoms with van der Waals surface area (Å²) in [6.45, 7) is 1.85. The van der Waals surface area contributed by atoms with Crippen molar-refractivity contribution in [2.24, 2.45) is 0 Å². The third-order valence-corrected chi connectivity index (χ3v) is 3.55. The minimum atomic E-state index is -4.52. The molecule has 1 aromatic heterocycles. The number of benzene rings is 2. The lowest BCUT2D eigenvalue weighted by Gasteiger charge is -2.13. The second-order valence-corrected chi connectivity index (χ2v) is 5.01. The summed E-state index contributed by atoms with van der Waals surface area (Å²) in [7, 11) is 1.77. The maximum Gasteiger partial charge on any atom is 0.450 e. The van der Waals surface area contributed by atoms with Crippen LogP contribution in [-0.4, -0.2) is 16.6 Å². The van der Waals surface area contributed by atoms with Crippen molar-refractivity contribution in [3.63, 3.8) is 0 Å². The van der Waals surface area contributed by atoms with E-state index in [1.165, 1.54) is 0 Å². The summed E-state index contributed by atoms with van der Waals surface area (Å²) >= 11 is 0. The van der Waals surface area contributed by atoms with E-state index < -0.39 is 12.0 Å². The maximum absolute atomic E-state index is 13.3. The molecule has 0 unspecified atom stereocenters. The highest BCUT2D eigenvalue weighted by Crippen LogP contribution is 2.34. The molecule has 2 aromatic carbocycles. The molecule has 0 atom stereocenters. The highest BCUT2D eigenvalue weighted by Gasteiger charge is 2.38. The number of hydrogen-bond donors (Lipinski definition) is 1. The Balaban J connectivity index is 2.31. The molecule has 0 aliphatic heterocycles. The molecule has 3 nitrogen and oxygen atoms in total. The van der Waals surface area contributed by atoms with Crippen molar-refractivity contribution in [1.29, 1.82) is 0 Å². The third kappa shape index (κ3) is 2.30. The number of aryl methyl sites for hydroxylation is 1. The van der Waals surface area contributed by atoms with Gasteiger partial charge in [0.1, 0.15) is 0 Å². The SMILES string of the molecule is CNc1ccc(-n2c(C(F)(F)F)nc3ccccc32)cc1C. The molecule has 0 aliphatic rings. The van der Waals surface area contributed by atoms with Crippen LogP contribution in [0.3, 0.4) is 0 Å². The molecule has 0 bridgehead atoms. The summed E-state index contributed by atoms with van der Waals surface area (Å²) in [6, 6.07) is 11.7. The highest BCUT2D eigenvalue weighted by atomic mass is 19.4. The van der Waals surface area contributed by atoms with Crippen molar-refractivity contribution >= 4 is 16.7 Å². The maximum atomic E-state index is 13.3. The molecule has 1 heterocycles. The summed E-state index contributed by atoms with van der Waals surface area (Å²) in [6.07, 6.45) is -4.52. The summed E-state index contributed by atoms with van der Waals surface area (Å²) in [5.41, 5.74) is 2.95. The average Bonchev–Trinajstić information content (AvgIpc) is 2.86. The fourth-order valence-corrected chi connectivity index (χ4v) is 2.54. The molecule has 0 saturated heterocycles. The van der Waals surface area contributed by atoms with Crippen molar-refractivity contribution in [3.05, 3.63) is 53.9 Å². The predicted octanol–water partition coefficient (Wildman–Crippen LogP) is 4.39. The molecule has 1 N–H and O–H groups in total. The summed E-state index contributed by atoms with van der Waals surface area (Å²) in [5, 5.41) is 3.00. The van der Waals surface area contributed by atoms with E-state index in [-0.39, 0.29) is 0 Å². The Bertz CT molecular complexity index is 834. The van der Waals surface area contributed by atoms with Gasteiger partial charge in [-0.3, -0.25) is 4.57 Å². The summed E-state index contributed by atoms with van der Waals surface area (Å²) < 4.78 is 41.1. The van der Waals surface area contributed by atoms with E-state index >= 15 is 0 Å². The van der Waals surface area contributed by atoms with E-state index in [1.807, 2.05) is 6.92 Å². The number of nitrogens with zero attached hydrogens (tertiary/aromatic N) is 2. The van der Waals surface area contributed by atoms with Gasteiger partial charge in [0.15, 0.2) is 0 Å². The van der Waals surface area contributed by atoms with E-state index in [4.69, 9.17) is 0 Å². The monoisotopic (exact) mass is 305 g/mol. The van der Waals surface area contributed by atoms with Crippen LogP contribution < -0.4 is 5.32 Å². The molecular weight excluding hydrogens is 291 g/mol. The Kier molecular flexibility index (Phi) is 3.31. The zero-order valence-corrected chi connectivity index (χ0v) is 12.1. The van der Waals surface area contributed by atoms with Crippen LogP contribution in [0.2, 0.25) is 0 Å². The molecule has 0 spiro atoms. The molecule has 3 rings (SSSR count). The quantitative estimate of drug-likeness (QED) is 0.761. The number of fused-ring (bicyclic) bond motifs is 1. The largest absolute Gasteiger partial charge is 0.450 e. The first kappa shape index (κ1) is 14.4. The zero-order valence-electron chi connectivity index (χ0n) is 12.1. The van der Waals surface area contributed by atoms with Gasteiger partial charge in [-0.25, -0.2) is 4.98 Å². The van der Waals surface area contributed by atoms with Crippen LogP contribution in [0.5, 0.6) is 0 Å². The van der Waals surface area contributed by atoms with Crippen LogP contribution in [-0.2, 0) is 6.18 Å². The Labute approximate surface area is 125 Å². The van der Waals surface area contributed by atoms with E-state index in [0.29, 0.717) is 16.7 Å². The fraction of sp³-hybridized carbons (Fsp3) is 0.188. The van der Waals surface area contributed by atoms with Gasteiger partial charge in [0, 0.05) is 18.4 Å². The molecule has 0 saturated carbocycles. The number of aromatic nitrogens is 2. The van der Waals surface area contributed by atoms with Crippen molar-refractivity contribution < 1.29 is 13.2 Å². The van der Waals surface area contributed by atoms with Crippen molar-refractivity contribution in [1.82, 2.24) is 9.55 Å². The smallest absolute Gasteiger partial charge is 0.388 e. The second kappa shape index (κ2) is 5.05. The van der Waals surface area contributed by atoms with Crippen molar-refractivity contribution in [2.75, 3.05) is 12.4 Å². The number of anilines is 1. The first-order valence-corrected chi connectivity index (χ1v) is 6.75. The molecule has 0 amide bonds. The Morgan fingerprint density at radius 1 is 1.09 bits per heavy atom. The molecule has 0 fully saturated rings. The van der Waals surface area contributed by atoms with Gasteiger partial charge in [-0.2, -0.15) is 13.2 Å². The molecular formula is C16H14F3N3. The van der Waals surface area contributed by atoms with Gasteiger partial charge < -0.3 is 5.32 Å². The number of para-hydroxylation sites is 2. The van der Waals surface area contributed by atoms with Gasteiger partial charge in [0.25, 0.3) is 0 Å². The van der Waals surface area contributed by atoms with Crippen LogP contribution in [0.1, 0.15) is 11.4 Å². The normalized spacial score (nSPS) is 11.9. The standard InChI is InChI=1S/C16H14F3N3/c1-10-9-11(7-8-12(10)20-2)22-14-6-4-3-5-13(14)21-15(22)16(17,18)19/h3-9,20H,1-2H3. The lowest BCUT2D eigenvalue weighted by Crippen LogP contribution is -2.14. The molecule has 114 valence electrons. The number of alkyl halides is 3. The minimum absolute atomic E-state index is 0.324. The fourth-order valence-electron chi connectivity index (χ4n) is 2.54. The van der Waals surface area contributed by atoms with Crippen LogP contribution in [0.4, 0.5) is 18.9 Å². The van der Waals surface area contributed by atoms with Gasteiger partial charge in [-0.05, 0) is 42.8 Å². The average molecular weight is 305 g/mol. The molecule has 22 heavy (non-hydrogen) atoms. The van der Waals surface area contributed by atoms with E-state index in [0.717, 1.165) is 15.8 Å². The topological polar surface area (TPSA) is 29.9 Å². The van der Waals surface area contributed by atoms with E-state index in [2.05, 4.69) is 10.3 Å². The van der Waals surface area contributed by atoms with Gasteiger partial charge >= 0.3 is 6.18 Å². The molecule has 3 aromatic rings.